The fourth-order valence-corrected chi connectivity index (χ4v) is 3.33. The average molecular weight is 401 g/mol. The van der Waals surface area contributed by atoms with E-state index in [1.165, 1.54) is 0 Å². The smallest absolute Gasteiger partial charge is 0.147 e. The van der Waals surface area contributed by atoms with Crippen LogP contribution in [-0.4, -0.2) is 11.7 Å². The van der Waals surface area contributed by atoms with E-state index in [1.807, 2.05) is 31.2 Å². The summed E-state index contributed by atoms with van der Waals surface area (Å²) in [6.07, 6.45) is 0. The number of nitrogens with one attached hydrogen (secondary N) is 1. The summed E-state index contributed by atoms with van der Waals surface area (Å²) in [5, 5.41) is 12.7. The quantitative estimate of drug-likeness (QED) is 0.747. The molecule has 0 heterocycles. The molecule has 0 unspecified atom stereocenters. The van der Waals surface area contributed by atoms with E-state index >= 15 is 0 Å². The molecule has 0 aliphatic rings. The Kier molecular flexibility index (Phi) is 5.31. The van der Waals surface area contributed by atoms with Gasteiger partial charge in [0.25, 0.3) is 0 Å². The van der Waals surface area contributed by atoms with Crippen LogP contribution < -0.4 is 10.1 Å². The van der Waals surface area contributed by atoms with Crippen LogP contribution in [0.2, 0.25) is 0 Å². The molecule has 3 nitrogen and oxygen atoms in total. The Hall–Kier alpha value is -1.20. The molecule has 0 aliphatic heterocycles. The highest BCUT2D eigenvalue weighted by Gasteiger charge is 2.08. The van der Waals surface area contributed by atoms with Gasteiger partial charge in [-0.3, -0.25) is 0 Å². The first-order chi connectivity index (χ1) is 9.60. The Balaban J connectivity index is 2.10. The number of hydrogen-bond donors (Lipinski definition) is 2. The number of hydrogen-bond acceptors (Lipinski definition) is 3. The van der Waals surface area contributed by atoms with Crippen molar-refractivity contribution < 1.29 is 9.84 Å². The number of halogens is 2. The Morgan fingerprint density at radius 1 is 1.15 bits per heavy atom. The van der Waals surface area contributed by atoms with Crippen LogP contribution in [0.15, 0.2) is 45.3 Å². The van der Waals surface area contributed by atoms with Gasteiger partial charge in [-0.25, -0.2) is 0 Å². The van der Waals surface area contributed by atoms with E-state index in [4.69, 9.17) is 4.74 Å². The molecule has 0 amide bonds. The van der Waals surface area contributed by atoms with Crippen molar-refractivity contribution in [3.63, 3.8) is 0 Å². The molecule has 0 radical (unpaired) electrons. The minimum atomic E-state index is 0.254. The molecule has 106 valence electrons. The van der Waals surface area contributed by atoms with Gasteiger partial charge in [0.2, 0.25) is 0 Å². The molecule has 0 fully saturated rings. The molecule has 0 aromatic heterocycles. The van der Waals surface area contributed by atoms with Crippen LogP contribution >= 0.6 is 31.9 Å². The average Bonchev–Trinajstić information content (AvgIpc) is 2.41. The predicted octanol–water partition coefficient (Wildman–Crippen LogP) is 4.93. The third-order valence-corrected chi connectivity index (χ3v) is 3.87. The highest BCUT2D eigenvalue weighted by molar-refractivity contribution is 9.11. The zero-order valence-electron chi connectivity index (χ0n) is 11.0. The van der Waals surface area contributed by atoms with E-state index in [1.54, 1.807) is 12.1 Å². The lowest BCUT2D eigenvalue weighted by molar-refractivity contribution is 0.336. The first-order valence-corrected chi connectivity index (χ1v) is 7.82. The van der Waals surface area contributed by atoms with Gasteiger partial charge in [0.15, 0.2) is 0 Å². The standard InChI is InChI=1S/C15H15Br2NO2/c1-2-20-15-13(16)6-10(7-14(15)17)9-18-11-4-3-5-12(19)8-11/h3-8,18-19H,2,9H2,1H3. The molecule has 5 heteroatoms. The molecule has 0 spiro atoms. The molecule has 2 rings (SSSR count). The number of benzene rings is 2. The molecule has 2 aromatic rings. The van der Waals surface area contributed by atoms with Gasteiger partial charge in [-0.2, -0.15) is 0 Å². The number of anilines is 1. The molecule has 2 aromatic carbocycles. The minimum Gasteiger partial charge on any atom is -0.508 e. The molecule has 0 aliphatic carbocycles. The van der Waals surface area contributed by atoms with E-state index in [2.05, 4.69) is 37.2 Å². The molecular formula is C15H15Br2NO2. The van der Waals surface area contributed by atoms with Gasteiger partial charge in [0.05, 0.1) is 15.6 Å². The van der Waals surface area contributed by atoms with Crippen molar-refractivity contribution in [3.05, 3.63) is 50.9 Å². The number of phenolic OH excluding ortho intramolecular Hbond substituents is 1. The van der Waals surface area contributed by atoms with Crippen molar-refractivity contribution >= 4 is 37.5 Å². The minimum absolute atomic E-state index is 0.254. The molecule has 20 heavy (non-hydrogen) atoms. The summed E-state index contributed by atoms with van der Waals surface area (Å²) in [7, 11) is 0. The molecule has 0 saturated carbocycles. The number of aromatic hydroxyl groups is 1. The van der Waals surface area contributed by atoms with E-state index in [0.717, 1.165) is 25.9 Å². The summed E-state index contributed by atoms with van der Waals surface area (Å²) < 4.78 is 7.39. The van der Waals surface area contributed by atoms with Gasteiger partial charge < -0.3 is 15.2 Å². The zero-order valence-corrected chi connectivity index (χ0v) is 14.2. The molecule has 0 bridgehead atoms. The van der Waals surface area contributed by atoms with Crippen molar-refractivity contribution in [1.29, 1.82) is 0 Å². The summed E-state index contributed by atoms with van der Waals surface area (Å²) >= 11 is 7.03. The van der Waals surface area contributed by atoms with Crippen molar-refractivity contribution in [2.24, 2.45) is 0 Å². The maximum absolute atomic E-state index is 9.42. The Morgan fingerprint density at radius 2 is 1.85 bits per heavy atom. The van der Waals surface area contributed by atoms with Crippen LogP contribution in [0.3, 0.4) is 0 Å². The molecule has 2 N–H and O–H groups in total. The van der Waals surface area contributed by atoms with Crippen LogP contribution in [0.4, 0.5) is 5.69 Å². The van der Waals surface area contributed by atoms with Gasteiger partial charge in [-0.15, -0.1) is 0 Å². The second kappa shape index (κ2) is 6.99. The number of phenols is 1. The third-order valence-electron chi connectivity index (χ3n) is 2.69. The highest BCUT2D eigenvalue weighted by atomic mass is 79.9. The van der Waals surface area contributed by atoms with Crippen LogP contribution in [0.25, 0.3) is 0 Å². The maximum Gasteiger partial charge on any atom is 0.147 e. The van der Waals surface area contributed by atoms with Crippen molar-refractivity contribution in [2.75, 3.05) is 11.9 Å². The highest BCUT2D eigenvalue weighted by Crippen LogP contribution is 2.35. The number of rotatable bonds is 5. The summed E-state index contributed by atoms with van der Waals surface area (Å²) in [6.45, 7) is 3.24. The molecule has 0 atom stereocenters. The molecular weight excluding hydrogens is 386 g/mol. The monoisotopic (exact) mass is 399 g/mol. The van der Waals surface area contributed by atoms with Crippen molar-refractivity contribution in [1.82, 2.24) is 0 Å². The topological polar surface area (TPSA) is 41.5 Å². The van der Waals surface area contributed by atoms with Gasteiger partial charge in [-0.1, -0.05) is 6.07 Å². The fraction of sp³-hybridized carbons (Fsp3) is 0.200. The van der Waals surface area contributed by atoms with E-state index in [0.29, 0.717) is 13.2 Å². The van der Waals surface area contributed by atoms with Crippen molar-refractivity contribution in [3.8, 4) is 11.5 Å². The first kappa shape index (κ1) is 15.2. The predicted molar refractivity (Wildman–Crippen MR) is 88.4 cm³/mol. The van der Waals surface area contributed by atoms with Crippen LogP contribution in [-0.2, 0) is 6.54 Å². The van der Waals surface area contributed by atoms with Gasteiger partial charge >= 0.3 is 0 Å². The largest absolute Gasteiger partial charge is 0.508 e. The fourth-order valence-electron chi connectivity index (χ4n) is 1.82. The first-order valence-electron chi connectivity index (χ1n) is 6.23. The van der Waals surface area contributed by atoms with Gasteiger partial charge in [0, 0.05) is 18.3 Å². The summed E-state index contributed by atoms with van der Waals surface area (Å²) in [4.78, 5) is 0. The molecule has 0 saturated heterocycles. The summed E-state index contributed by atoms with van der Waals surface area (Å²) in [6, 6.07) is 11.1. The second-order valence-electron chi connectivity index (χ2n) is 4.23. The number of ether oxygens (including phenoxy) is 1. The van der Waals surface area contributed by atoms with E-state index < -0.39 is 0 Å². The van der Waals surface area contributed by atoms with Crippen LogP contribution in [0, 0.1) is 0 Å². The van der Waals surface area contributed by atoms with Crippen LogP contribution in [0.1, 0.15) is 12.5 Å². The van der Waals surface area contributed by atoms with Gasteiger partial charge in [-0.05, 0) is 68.6 Å². The summed E-state index contributed by atoms with van der Waals surface area (Å²) in [5.74, 6) is 1.07. The third kappa shape index (κ3) is 3.90. The van der Waals surface area contributed by atoms with E-state index in [-0.39, 0.29) is 5.75 Å². The lowest BCUT2D eigenvalue weighted by Gasteiger charge is -2.12. The Morgan fingerprint density at radius 3 is 2.45 bits per heavy atom. The summed E-state index contributed by atoms with van der Waals surface area (Å²) in [5.41, 5.74) is 1.99. The normalized spacial score (nSPS) is 10.3. The van der Waals surface area contributed by atoms with Crippen molar-refractivity contribution in [2.45, 2.75) is 13.5 Å². The Labute approximate surface area is 135 Å². The van der Waals surface area contributed by atoms with Crippen LogP contribution in [0.5, 0.6) is 11.5 Å². The lowest BCUT2D eigenvalue weighted by Crippen LogP contribution is -2.01. The van der Waals surface area contributed by atoms with Gasteiger partial charge in [0.1, 0.15) is 11.5 Å². The van der Waals surface area contributed by atoms with E-state index in [9.17, 15) is 5.11 Å². The zero-order chi connectivity index (χ0) is 14.5. The second-order valence-corrected chi connectivity index (χ2v) is 5.93. The lowest BCUT2D eigenvalue weighted by atomic mass is 10.2. The Bertz CT molecular complexity index is 579. The SMILES string of the molecule is CCOc1c(Br)cc(CNc2cccc(O)c2)cc1Br. The maximum atomic E-state index is 9.42.